The third-order valence-electron chi connectivity index (χ3n) is 4.19. The van der Waals surface area contributed by atoms with E-state index in [1.165, 1.54) is 12.1 Å². The van der Waals surface area contributed by atoms with Crippen LogP contribution in [0.2, 0.25) is 0 Å². The molecule has 152 valence electrons. The Morgan fingerprint density at radius 3 is 2.61 bits per heavy atom. The van der Waals surface area contributed by atoms with Gasteiger partial charge in [0.05, 0.1) is 24.4 Å². The van der Waals surface area contributed by atoms with Crippen molar-refractivity contribution in [3.8, 4) is 5.75 Å². The SMILES string of the molecule is CCOC(=O)c1c(C)[nH]c(C(=O)CN(C)Cc2cccc(OC(F)F)c2)c1C. The third-order valence-corrected chi connectivity index (χ3v) is 4.19. The number of carbonyl (C=O) groups excluding carboxylic acids is 2. The molecule has 0 fully saturated rings. The lowest BCUT2D eigenvalue weighted by molar-refractivity contribution is -0.0499. The molecule has 0 aliphatic rings. The normalized spacial score (nSPS) is 11.1. The molecule has 28 heavy (non-hydrogen) atoms. The average Bonchev–Trinajstić information content (AvgIpc) is 2.89. The van der Waals surface area contributed by atoms with Crippen LogP contribution in [-0.2, 0) is 11.3 Å². The van der Waals surface area contributed by atoms with Crippen LogP contribution in [0, 0.1) is 13.8 Å². The predicted molar refractivity (Wildman–Crippen MR) is 100.0 cm³/mol. The fourth-order valence-electron chi connectivity index (χ4n) is 3.05. The van der Waals surface area contributed by atoms with Gasteiger partial charge in [-0.3, -0.25) is 9.69 Å². The van der Waals surface area contributed by atoms with E-state index in [0.717, 1.165) is 5.56 Å². The molecule has 0 bridgehead atoms. The molecule has 0 unspecified atom stereocenters. The highest BCUT2D eigenvalue weighted by molar-refractivity contribution is 6.02. The second-order valence-electron chi connectivity index (χ2n) is 6.47. The fourth-order valence-corrected chi connectivity index (χ4v) is 3.05. The molecule has 2 aromatic rings. The van der Waals surface area contributed by atoms with Gasteiger partial charge >= 0.3 is 12.6 Å². The van der Waals surface area contributed by atoms with E-state index in [9.17, 15) is 18.4 Å². The maximum Gasteiger partial charge on any atom is 0.387 e. The van der Waals surface area contributed by atoms with Crippen LogP contribution in [0.3, 0.4) is 0 Å². The summed E-state index contributed by atoms with van der Waals surface area (Å²) < 4.78 is 34.1. The van der Waals surface area contributed by atoms with E-state index >= 15 is 0 Å². The van der Waals surface area contributed by atoms with Gasteiger partial charge in [-0.05, 0) is 51.1 Å². The first-order chi connectivity index (χ1) is 13.2. The van der Waals surface area contributed by atoms with Crippen LogP contribution in [0.25, 0.3) is 0 Å². The minimum absolute atomic E-state index is 0.0714. The van der Waals surface area contributed by atoms with E-state index in [1.807, 2.05) is 0 Å². The Balaban J connectivity index is 2.07. The molecule has 0 spiro atoms. The summed E-state index contributed by atoms with van der Waals surface area (Å²) in [5.74, 6) is -0.572. The molecule has 1 N–H and O–H groups in total. The monoisotopic (exact) mass is 394 g/mol. The zero-order valence-corrected chi connectivity index (χ0v) is 16.3. The second kappa shape index (κ2) is 9.45. The number of aromatic nitrogens is 1. The fraction of sp³-hybridized carbons (Fsp3) is 0.400. The number of alkyl halides is 2. The smallest absolute Gasteiger partial charge is 0.387 e. The number of ether oxygens (including phenoxy) is 2. The molecule has 0 aliphatic carbocycles. The predicted octanol–water partition coefficient (Wildman–Crippen LogP) is 3.72. The van der Waals surface area contributed by atoms with Gasteiger partial charge in [-0.2, -0.15) is 8.78 Å². The molecule has 2 rings (SSSR count). The molecule has 0 saturated carbocycles. The van der Waals surface area contributed by atoms with Crippen LogP contribution in [0.4, 0.5) is 8.78 Å². The van der Waals surface area contributed by atoms with Gasteiger partial charge in [-0.1, -0.05) is 12.1 Å². The molecule has 0 atom stereocenters. The minimum atomic E-state index is -2.89. The van der Waals surface area contributed by atoms with Crippen molar-refractivity contribution < 1.29 is 27.8 Å². The van der Waals surface area contributed by atoms with Crippen molar-refractivity contribution in [2.45, 2.75) is 33.9 Å². The molecular weight excluding hydrogens is 370 g/mol. The van der Waals surface area contributed by atoms with E-state index in [-0.39, 0.29) is 24.7 Å². The molecule has 6 nitrogen and oxygen atoms in total. The van der Waals surface area contributed by atoms with Crippen LogP contribution in [0.15, 0.2) is 24.3 Å². The Hall–Kier alpha value is -2.74. The number of nitrogens with one attached hydrogen (secondary N) is 1. The first-order valence-corrected chi connectivity index (χ1v) is 8.84. The summed E-state index contributed by atoms with van der Waals surface area (Å²) in [7, 11) is 1.75. The number of rotatable bonds is 9. The van der Waals surface area contributed by atoms with E-state index in [4.69, 9.17) is 4.74 Å². The van der Waals surface area contributed by atoms with E-state index in [0.29, 0.717) is 29.1 Å². The Bertz CT molecular complexity index is 849. The van der Waals surface area contributed by atoms with Gasteiger partial charge in [0, 0.05) is 12.2 Å². The number of aryl methyl sites for hydroxylation is 1. The van der Waals surface area contributed by atoms with Gasteiger partial charge in [0.15, 0.2) is 5.78 Å². The number of benzene rings is 1. The average molecular weight is 394 g/mol. The largest absolute Gasteiger partial charge is 0.462 e. The quantitative estimate of drug-likeness (QED) is 0.518. The number of nitrogens with zero attached hydrogens (tertiary/aromatic N) is 1. The molecule has 1 heterocycles. The summed E-state index contributed by atoms with van der Waals surface area (Å²) >= 11 is 0. The zero-order valence-electron chi connectivity index (χ0n) is 16.3. The third kappa shape index (κ3) is 5.39. The molecule has 8 heteroatoms. The van der Waals surface area contributed by atoms with Crippen LogP contribution in [-0.4, -0.2) is 48.4 Å². The molecule has 0 saturated heterocycles. The maximum atomic E-state index is 12.7. The Morgan fingerprint density at radius 1 is 1.25 bits per heavy atom. The van der Waals surface area contributed by atoms with Gasteiger partial charge in [0.25, 0.3) is 0 Å². The van der Waals surface area contributed by atoms with Crippen LogP contribution in [0.1, 0.15) is 44.6 Å². The molecule has 0 aliphatic heterocycles. The van der Waals surface area contributed by atoms with Gasteiger partial charge in [0.2, 0.25) is 0 Å². The maximum absolute atomic E-state index is 12.7. The van der Waals surface area contributed by atoms with Gasteiger partial charge < -0.3 is 14.5 Å². The minimum Gasteiger partial charge on any atom is -0.462 e. The lowest BCUT2D eigenvalue weighted by Gasteiger charge is -2.16. The van der Waals surface area contributed by atoms with Crippen LogP contribution in [0.5, 0.6) is 5.75 Å². The number of hydrogen-bond acceptors (Lipinski definition) is 5. The molecule has 0 radical (unpaired) electrons. The topological polar surface area (TPSA) is 71.6 Å². The van der Waals surface area contributed by atoms with Gasteiger partial charge in [-0.15, -0.1) is 0 Å². The number of Topliss-reactive ketones (excluding diaryl/α,β-unsaturated/α-hetero) is 1. The van der Waals surface area contributed by atoms with E-state index in [1.54, 1.807) is 44.9 Å². The van der Waals surface area contributed by atoms with Crippen molar-refractivity contribution in [3.05, 3.63) is 52.3 Å². The number of aromatic amines is 1. The Morgan fingerprint density at radius 2 is 1.96 bits per heavy atom. The zero-order chi connectivity index (χ0) is 20.8. The number of hydrogen-bond donors (Lipinski definition) is 1. The van der Waals surface area contributed by atoms with Crippen molar-refractivity contribution in [2.75, 3.05) is 20.2 Å². The summed E-state index contributed by atoms with van der Waals surface area (Å²) in [6.07, 6.45) is 0. The van der Waals surface area contributed by atoms with Gasteiger partial charge in [0.1, 0.15) is 5.75 Å². The number of H-pyrrole nitrogens is 1. The number of likely N-dealkylation sites (N-methyl/N-ethyl adjacent to an activating group) is 1. The highest BCUT2D eigenvalue weighted by atomic mass is 19.3. The van der Waals surface area contributed by atoms with Crippen molar-refractivity contribution in [1.82, 2.24) is 9.88 Å². The molecule has 1 aromatic carbocycles. The Labute approximate surface area is 162 Å². The first-order valence-electron chi connectivity index (χ1n) is 8.84. The summed E-state index contributed by atoms with van der Waals surface area (Å²) in [5.41, 5.74) is 2.62. The number of esters is 1. The number of halogens is 2. The molecule has 1 aromatic heterocycles. The highest BCUT2D eigenvalue weighted by Gasteiger charge is 2.23. The standard InChI is InChI=1S/C20H24F2N2O4/c1-5-27-19(26)17-12(2)18(23-13(17)3)16(25)11-24(4)10-14-7-6-8-15(9-14)28-20(21)22/h6-9,20,23H,5,10-11H2,1-4H3. The lowest BCUT2D eigenvalue weighted by Crippen LogP contribution is -2.26. The number of carbonyl (C=O) groups is 2. The summed E-state index contributed by atoms with van der Waals surface area (Å²) in [4.78, 5) is 29.5. The van der Waals surface area contributed by atoms with Crippen molar-refractivity contribution >= 4 is 11.8 Å². The highest BCUT2D eigenvalue weighted by Crippen LogP contribution is 2.21. The van der Waals surface area contributed by atoms with E-state index < -0.39 is 12.6 Å². The molecular formula is C20H24F2N2O4. The first kappa shape index (κ1) is 21.6. The van der Waals surface area contributed by atoms with Crippen molar-refractivity contribution in [2.24, 2.45) is 0 Å². The second-order valence-corrected chi connectivity index (χ2v) is 6.47. The summed E-state index contributed by atoms with van der Waals surface area (Å²) in [6.45, 7) is 2.96. The summed E-state index contributed by atoms with van der Waals surface area (Å²) in [6, 6.07) is 6.34. The molecule has 0 amide bonds. The number of ketones is 1. The lowest BCUT2D eigenvalue weighted by atomic mass is 10.1. The van der Waals surface area contributed by atoms with Crippen molar-refractivity contribution in [1.29, 1.82) is 0 Å². The van der Waals surface area contributed by atoms with Crippen molar-refractivity contribution in [3.63, 3.8) is 0 Å². The Kier molecular flexibility index (Phi) is 7.28. The van der Waals surface area contributed by atoms with E-state index in [2.05, 4.69) is 9.72 Å². The van der Waals surface area contributed by atoms with Gasteiger partial charge in [-0.25, -0.2) is 4.79 Å². The van der Waals surface area contributed by atoms with Crippen LogP contribution < -0.4 is 4.74 Å². The summed E-state index contributed by atoms with van der Waals surface area (Å²) in [5, 5.41) is 0. The van der Waals surface area contributed by atoms with Crippen LogP contribution >= 0.6 is 0 Å².